The topological polar surface area (TPSA) is 9.23 Å². The van der Waals surface area contributed by atoms with Crippen LogP contribution < -0.4 is 4.74 Å². The Morgan fingerprint density at radius 1 is 0.639 bits per heavy atom. The molecular weight excluding hydrogens is 478 g/mol. The zero-order chi connectivity index (χ0) is 25.8. The van der Waals surface area contributed by atoms with E-state index < -0.39 is 34.9 Å². The number of fused-ring (bicyclic) bond motifs is 1. The molecule has 0 aliphatic heterocycles. The minimum absolute atomic E-state index is 0.0590. The van der Waals surface area contributed by atoms with E-state index in [1.165, 1.54) is 6.08 Å². The van der Waals surface area contributed by atoms with Gasteiger partial charge in [0.1, 0.15) is 29.8 Å². The molecule has 4 rings (SSSR count). The first kappa shape index (κ1) is 25.4. The van der Waals surface area contributed by atoms with Crippen LogP contribution in [0.1, 0.15) is 22.3 Å². The van der Waals surface area contributed by atoms with E-state index >= 15 is 4.39 Å². The van der Waals surface area contributed by atoms with E-state index in [1.54, 1.807) is 30.3 Å². The summed E-state index contributed by atoms with van der Waals surface area (Å²) in [6.45, 7) is 3.63. The van der Waals surface area contributed by atoms with Crippen molar-refractivity contribution in [2.45, 2.75) is 25.7 Å². The molecular formula is C29H22F6O. The molecule has 186 valence electrons. The maximum atomic E-state index is 15.1. The summed E-state index contributed by atoms with van der Waals surface area (Å²) in [4.78, 5) is 0. The fourth-order valence-corrected chi connectivity index (χ4v) is 4.09. The number of aryl methyl sites for hydroxylation is 3. The Hall–Kier alpha value is -3.74. The van der Waals surface area contributed by atoms with E-state index in [0.717, 1.165) is 29.8 Å². The third-order valence-electron chi connectivity index (χ3n) is 5.97. The van der Waals surface area contributed by atoms with Crippen LogP contribution in [0.5, 0.6) is 5.75 Å². The quantitative estimate of drug-likeness (QED) is 0.129. The molecule has 0 saturated heterocycles. The lowest BCUT2D eigenvalue weighted by atomic mass is 9.97. The van der Waals surface area contributed by atoms with Crippen molar-refractivity contribution in [3.63, 3.8) is 0 Å². The lowest BCUT2D eigenvalue weighted by Crippen LogP contribution is -2.02. The molecule has 1 nitrogen and oxygen atoms in total. The van der Waals surface area contributed by atoms with Crippen molar-refractivity contribution in [3.8, 4) is 5.75 Å². The van der Waals surface area contributed by atoms with Crippen LogP contribution >= 0.6 is 0 Å². The van der Waals surface area contributed by atoms with Gasteiger partial charge in [0.25, 0.3) is 0 Å². The van der Waals surface area contributed by atoms with Gasteiger partial charge in [-0.2, -0.15) is 0 Å². The first-order chi connectivity index (χ1) is 17.3. The van der Waals surface area contributed by atoms with Crippen LogP contribution in [0.25, 0.3) is 10.8 Å². The molecule has 36 heavy (non-hydrogen) atoms. The summed E-state index contributed by atoms with van der Waals surface area (Å²) in [6.07, 6.45) is 2.21. The second-order valence-electron chi connectivity index (χ2n) is 8.43. The van der Waals surface area contributed by atoms with E-state index in [2.05, 4.69) is 6.58 Å². The second-order valence-corrected chi connectivity index (χ2v) is 8.43. The Bertz CT molecular complexity index is 1380. The maximum Gasteiger partial charge on any atom is 0.194 e. The molecule has 0 bridgehead atoms. The summed E-state index contributed by atoms with van der Waals surface area (Å²) in [5, 5.41) is 0.968. The SMILES string of the molecule is C=CCOc1cc(F)c(CCc2ccc3c(F)c(CCc4cc(F)c(F)c(F)c4)ccc3c2)c(F)c1. The van der Waals surface area contributed by atoms with Crippen molar-refractivity contribution in [2.75, 3.05) is 6.61 Å². The van der Waals surface area contributed by atoms with E-state index in [0.29, 0.717) is 22.8 Å². The van der Waals surface area contributed by atoms with Crippen LogP contribution in [0.2, 0.25) is 0 Å². The fraction of sp³-hybridized carbons (Fsp3) is 0.172. The van der Waals surface area contributed by atoms with Gasteiger partial charge in [-0.15, -0.1) is 0 Å². The van der Waals surface area contributed by atoms with Crippen LogP contribution in [0.4, 0.5) is 26.3 Å². The van der Waals surface area contributed by atoms with Gasteiger partial charge in [0.2, 0.25) is 0 Å². The van der Waals surface area contributed by atoms with E-state index in [-0.39, 0.29) is 42.7 Å². The van der Waals surface area contributed by atoms with Crippen molar-refractivity contribution in [1.82, 2.24) is 0 Å². The Labute approximate surface area is 204 Å². The van der Waals surface area contributed by atoms with Gasteiger partial charge < -0.3 is 4.74 Å². The lowest BCUT2D eigenvalue weighted by molar-refractivity contribution is 0.357. The number of benzene rings is 4. The Kier molecular flexibility index (Phi) is 7.67. The van der Waals surface area contributed by atoms with Crippen molar-refractivity contribution in [3.05, 3.63) is 124 Å². The average Bonchev–Trinajstić information content (AvgIpc) is 2.85. The number of hydrogen-bond donors (Lipinski definition) is 0. The van der Waals surface area contributed by atoms with Crippen LogP contribution in [-0.4, -0.2) is 6.61 Å². The minimum Gasteiger partial charge on any atom is -0.489 e. The van der Waals surface area contributed by atoms with Gasteiger partial charge in [0, 0.05) is 23.1 Å². The molecule has 0 aliphatic rings. The summed E-state index contributed by atoms with van der Waals surface area (Å²) in [6, 6.07) is 12.4. The summed E-state index contributed by atoms with van der Waals surface area (Å²) < 4.78 is 89.0. The molecule has 0 spiro atoms. The van der Waals surface area contributed by atoms with Gasteiger partial charge in [-0.1, -0.05) is 43.0 Å². The predicted octanol–water partition coefficient (Wildman–Crippen LogP) is 7.81. The van der Waals surface area contributed by atoms with Crippen LogP contribution in [0.3, 0.4) is 0 Å². The highest BCUT2D eigenvalue weighted by molar-refractivity contribution is 5.84. The molecule has 0 heterocycles. The van der Waals surface area contributed by atoms with Gasteiger partial charge in [-0.3, -0.25) is 0 Å². The molecule has 4 aromatic rings. The lowest BCUT2D eigenvalue weighted by Gasteiger charge is -2.11. The first-order valence-corrected chi connectivity index (χ1v) is 11.3. The number of rotatable bonds is 9. The van der Waals surface area contributed by atoms with Crippen LogP contribution in [-0.2, 0) is 25.7 Å². The van der Waals surface area contributed by atoms with E-state index in [9.17, 15) is 22.0 Å². The molecule has 0 radical (unpaired) electrons. The highest BCUT2D eigenvalue weighted by Crippen LogP contribution is 2.26. The fourth-order valence-electron chi connectivity index (χ4n) is 4.09. The first-order valence-electron chi connectivity index (χ1n) is 11.3. The van der Waals surface area contributed by atoms with Gasteiger partial charge >= 0.3 is 0 Å². The molecule has 0 aliphatic carbocycles. The summed E-state index contributed by atoms with van der Waals surface area (Å²) in [7, 11) is 0. The molecule has 7 heteroatoms. The Morgan fingerprint density at radius 2 is 1.31 bits per heavy atom. The molecule has 0 fully saturated rings. The molecule has 0 aromatic heterocycles. The Morgan fingerprint density at radius 3 is 1.97 bits per heavy atom. The van der Waals surface area contributed by atoms with Crippen molar-refractivity contribution in [1.29, 1.82) is 0 Å². The van der Waals surface area contributed by atoms with Crippen molar-refractivity contribution in [2.24, 2.45) is 0 Å². The monoisotopic (exact) mass is 500 g/mol. The normalized spacial score (nSPS) is 11.2. The zero-order valence-electron chi connectivity index (χ0n) is 19.2. The van der Waals surface area contributed by atoms with E-state index in [4.69, 9.17) is 4.74 Å². The molecule has 0 unspecified atom stereocenters. The standard InChI is InChI=1S/C29H22F6O/c1-2-11-36-21-15-24(30)23(25(31)16-21)10-5-17-4-9-22-20(12-17)8-7-19(28(22)34)6-3-18-13-26(32)29(35)27(33)14-18/h2,4,7-9,12-16H,1,3,5-6,10-11H2. The van der Waals surface area contributed by atoms with Gasteiger partial charge in [-0.25, -0.2) is 26.3 Å². The Balaban J connectivity index is 1.47. The number of ether oxygens (including phenoxy) is 1. The minimum atomic E-state index is -1.54. The van der Waals surface area contributed by atoms with Crippen LogP contribution in [0, 0.1) is 34.9 Å². The van der Waals surface area contributed by atoms with Crippen molar-refractivity contribution < 1.29 is 31.1 Å². The number of halogens is 6. The third kappa shape index (κ3) is 5.56. The highest BCUT2D eigenvalue weighted by atomic mass is 19.2. The smallest absolute Gasteiger partial charge is 0.194 e. The number of hydrogen-bond acceptors (Lipinski definition) is 1. The van der Waals surface area contributed by atoms with Gasteiger partial charge in [0.15, 0.2) is 17.5 Å². The molecule has 0 N–H and O–H groups in total. The zero-order valence-corrected chi connectivity index (χ0v) is 19.2. The second kappa shape index (κ2) is 10.9. The van der Waals surface area contributed by atoms with Gasteiger partial charge in [-0.05, 0) is 59.9 Å². The predicted molar refractivity (Wildman–Crippen MR) is 127 cm³/mol. The largest absolute Gasteiger partial charge is 0.489 e. The maximum absolute atomic E-state index is 15.1. The van der Waals surface area contributed by atoms with Crippen LogP contribution in [0.15, 0.2) is 67.3 Å². The summed E-state index contributed by atoms with van der Waals surface area (Å²) in [5.41, 5.74) is 1.29. The molecule has 0 amide bonds. The summed E-state index contributed by atoms with van der Waals surface area (Å²) in [5.74, 6) is -5.89. The van der Waals surface area contributed by atoms with E-state index in [1.807, 2.05) is 0 Å². The van der Waals surface area contributed by atoms with Crippen molar-refractivity contribution >= 4 is 10.8 Å². The molecule has 4 aromatic carbocycles. The molecule has 0 atom stereocenters. The highest BCUT2D eigenvalue weighted by Gasteiger charge is 2.14. The summed E-state index contributed by atoms with van der Waals surface area (Å²) >= 11 is 0. The molecule has 0 saturated carbocycles. The third-order valence-corrected chi connectivity index (χ3v) is 5.97. The average molecular weight is 500 g/mol. The van der Waals surface area contributed by atoms with Gasteiger partial charge in [0.05, 0.1) is 0 Å².